The van der Waals surface area contributed by atoms with Gasteiger partial charge in [-0.15, -0.1) is 0 Å². The summed E-state index contributed by atoms with van der Waals surface area (Å²) in [5.41, 5.74) is 0.578. The molecule has 5 heteroatoms. The van der Waals surface area contributed by atoms with Gasteiger partial charge in [0.2, 0.25) is 5.89 Å². The van der Waals surface area contributed by atoms with Gasteiger partial charge in [0.05, 0.1) is 0 Å². The molecule has 2 rings (SSSR count). The van der Waals surface area contributed by atoms with Crippen LogP contribution in [-0.4, -0.2) is 23.2 Å². The topological polar surface area (TPSA) is 51.0 Å². The first-order valence-electron chi connectivity index (χ1n) is 6.47. The van der Waals surface area contributed by atoms with Crippen molar-refractivity contribution >= 4 is 0 Å². The van der Waals surface area contributed by atoms with Crippen LogP contribution in [0.25, 0.3) is 0 Å². The van der Waals surface area contributed by atoms with Crippen LogP contribution in [0, 0.1) is 5.82 Å². The third kappa shape index (κ3) is 3.61. The lowest BCUT2D eigenvalue weighted by Crippen LogP contribution is -2.19. The van der Waals surface area contributed by atoms with Gasteiger partial charge in [-0.1, -0.05) is 37.2 Å². The van der Waals surface area contributed by atoms with Crippen LogP contribution in [0.3, 0.4) is 0 Å². The van der Waals surface area contributed by atoms with Gasteiger partial charge in [0.25, 0.3) is 0 Å². The summed E-state index contributed by atoms with van der Waals surface area (Å²) in [6.45, 7) is 5.76. The first-order valence-corrected chi connectivity index (χ1v) is 6.47. The van der Waals surface area contributed by atoms with Crippen LogP contribution < -0.4 is 5.32 Å². The van der Waals surface area contributed by atoms with E-state index in [2.05, 4.69) is 15.5 Å². The maximum atomic E-state index is 13.5. The standard InChI is InChI=1S/C14H18FN3O/c1-3-16-9-10(2)14-17-13(18-19-14)8-11-6-4-5-7-12(11)15/h4-7,10,16H,3,8-9H2,1-2H3. The number of hydrogen-bond acceptors (Lipinski definition) is 4. The largest absolute Gasteiger partial charge is 0.339 e. The average Bonchev–Trinajstić information content (AvgIpc) is 2.87. The summed E-state index contributed by atoms with van der Waals surface area (Å²) in [4.78, 5) is 4.32. The summed E-state index contributed by atoms with van der Waals surface area (Å²) in [7, 11) is 0. The highest BCUT2D eigenvalue weighted by atomic mass is 19.1. The normalized spacial score (nSPS) is 12.6. The van der Waals surface area contributed by atoms with Crippen molar-refractivity contribution < 1.29 is 8.91 Å². The number of nitrogens with one attached hydrogen (secondary N) is 1. The van der Waals surface area contributed by atoms with Gasteiger partial charge in [-0.2, -0.15) is 4.98 Å². The van der Waals surface area contributed by atoms with Crippen molar-refractivity contribution in [3.05, 3.63) is 47.4 Å². The molecular formula is C14H18FN3O. The van der Waals surface area contributed by atoms with Crippen LogP contribution in [0.5, 0.6) is 0 Å². The lowest BCUT2D eigenvalue weighted by Gasteiger charge is -2.05. The summed E-state index contributed by atoms with van der Waals surface area (Å²) in [6, 6.07) is 6.63. The van der Waals surface area contributed by atoms with E-state index in [1.54, 1.807) is 18.2 Å². The van der Waals surface area contributed by atoms with E-state index in [4.69, 9.17) is 4.52 Å². The van der Waals surface area contributed by atoms with Gasteiger partial charge < -0.3 is 9.84 Å². The highest BCUT2D eigenvalue weighted by molar-refractivity contribution is 5.20. The molecule has 0 spiro atoms. The van der Waals surface area contributed by atoms with E-state index in [1.807, 2.05) is 13.8 Å². The molecule has 0 amide bonds. The van der Waals surface area contributed by atoms with Crippen LogP contribution in [0.2, 0.25) is 0 Å². The fourth-order valence-electron chi connectivity index (χ4n) is 1.80. The number of aromatic nitrogens is 2. The molecule has 4 nitrogen and oxygen atoms in total. The van der Waals surface area contributed by atoms with Crippen molar-refractivity contribution in [1.82, 2.24) is 15.5 Å². The second kappa shape index (κ2) is 6.43. The fraction of sp³-hybridized carbons (Fsp3) is 0.429. The SMILES string of the molecule is CCNCC(C)c1nc(Cc2ccccc2F)no1. The minimum absolute atomic E-state index is 0.154. The van der Waals surface area contributed by atoms with Crippen molar-refractivity contribution in [2.24, 2.45) is 0 Å². The maximum absolute atomic E-state index is 13.5. The molecule has 0 aliphatic heterocycles. The molecule has 0 aliphatic carbocycles. The smallest absolute Gasteiger partial charge is 0.230 e. The third-order valence-electron chi connectivity index (χ3n) is 2.91. The van der Waals surface area contributed by atoms with E-state index >= 15 is 0 Å². The van der Waals surface area contributed by atoms with Crippen molar-refractivity contribution in [3.8, 4) is 0 Å². The third-order valence-corrected chi connectivity index (χ3v) is 2.91. The molecule has 19 heavy (non-hydrogen) atoms. The molecular weight excluding hydrogens is 245 g/mol. The van der Waals surface area contributed by atoms with Crippen molar-refractivity contribution in [2.45, 2.75) is 26.2 Å². The van der Waals surface area contributed by atoms with Crippen LogP contribution >= 0.6 is 0 Å². The summed E-state index contributed by atoms with van der Waals surface area (Å²) in [5, 5.41) is 7.13. The second-order valence-electron chi connectivity index (χ2n) is 4.53. The summed E-state index contributed by atoms with van der Waals surface area (Å²) in [5.74, 6) is 1.02. The lowest BCUT2D eigenvalue weighted by molar-refractivity contribution is 0.351. The van der Waals surface area contributed by atoms with Gasteiger partial charge in [-0.05, 0) is 18.2 Å². The number of rotatable bonds is 6. The highest BCUT2D eigenvalue weighted by Gasteiger charge is 2.14. The minimum Gasteiger partial charge on any atom is -0.339 e. The Morgan fingerprint density at radius 3 is 2.89 bits per heavy atom. The first-order chi connectivity index (χ1) is 9.20. The Balaban J connectivity index is 2.03. The first kappa shape index (κ1) is 13.7. The van der Waals surface area contributed by atoms with E-state index in [1.165, 1.54) is 6.07 Å². The monoisotopic (exact) mass is 263 g/mol. The van der Waals surface area contributed by atoms with Gasteiger partial charge in [-0.3, -0.25) is 0 Å². The molecule has 0 saturated heterocycles. The molecule has 1 unspecified atom stereocenters. The van der Waals surface area contributed by atoms with E-state index in [-0.39, 0.29) is 11.7 Å². The second-order valence-corrected chi connectivity index (χ2v) is 4.53. The Hall–Kier alpha value is -1.75. The maximum Gasteiger partial charge on any atom is 0.230 e. The lowest BCUT2D eigenvalue weighted by atomic mass is 10.1. The molecule has 0 saturated carbocycles. The van der Waals surface area contributed by atoms with Gasteiger partial charge in [0.15, 0.2) is 5.82 Å². The Morgan fingerprint density at radius 2 is 2.16 bits per heavy atom. The molecule has 0 radical (unpaired) electrons. The summed E-state index contributed by atoms with van der Waals surface area (Å²) < 4.78 is 18.7. The van der Waals surface area contributed by atoms with E-state index in [9.17, 15) is 4.39 Å². The number of nitrogens with zero attached hydrogens (tertiary/aromatic N) is 2. The Labute approximate surface area is 112 Å². The molecule has 1 atom stereocenters. The number of halogens is 1. The average molecular weight is 263 g/mol. The molecule has 1 heterocycles. The fourth-order valence-corrected chi connectivity index (χ4v) is 1.80. The highest BCUT2D eigenvalue weighted by Crippen LogP contribution is 2.15. The van der Waals surface area contributed by atoms with E-state index in [0.717, 1.165) is 13.1 Å². The van der Waals surface area contributed by atoms with Crippen molar-refractivity contribution in [3.63, 3.8) is 0 Å². The zero-order valence-electron chi connectivity index (χ0n) is 11.2. The summed E-state index contributed by atoms with van der Waals surface area (Å²) in [6.07, 6.45) is 0.351. The Kier molecular flexibility index (Phi) is 4.63. The predicted octanol–water partition coefficient (Wildman–Crippen LogP) is 2.51. The molecule has 1 aromatic carbocycles. The van der Waals surface area contributed by atoms with E-state index in [0.29, 0.717) is 23.7 Å². The molecule has 0 aliphatic rings. The molecule has 1 N–H and O–H groups in total. The number of likely N-dealkylation sites (N-methyl/N-ethyl adjacent to an activating group) is 1. The van der Waals surface area contributed by atoms with Crippen LogP contribution in [0.1, 0.15) is 37.0 Å². The zero-order valence-corrected chi connectivity index (χ0v) is 11.2. The zero-order chi connectivity index (χ0) is 13.7. The van der Waals surface area contributed by atoms with Crippen LogP contribution in [-0.2, 0) is 6.42 Å². The molecule has 102 valence electrons. The van der Waals surface area contributed by atoms with Gasteiger partial charge in [0.1, 0.15) is 5.82 Å². The molecule has 0 bridgehead atoms. The van der Waals surface area contributed by atoms with Gasteiger partial charge in [0, 0.05) is 18.9 Å². The predicted molar refractivity (Wildman–Crippen MR) is 70.5 cm³/mol. The van der Waals surface area contributed by atoms with Crippen LogP contribution in [0.4, 0.5) is 4.39 Å². The van der Waals surface area contributed by atoms with E-state index < -0.39 is 0 Å². The van der Waals surface area contributed by atoms with Gasteiger partial charge >= 0.3 is 0 Å². The van der Waals surface area contributed by atoms with Gasteiger partial charge in [-0.25, -0.2) is 4.39 Å². The Morgan fingerprint density at radius 1 is 1.37 bits per heavy atom. The molecule has 0 fully saturated rings. The minimum atomic E-state index is -0.241. The summed E-state index contributed by atoms with van der Waals surface area (Å²) >= 11 is 0. The Bertz CT molecular complexity index is 527. The number of hydrogen-bond donors (Lipinski definition) is 1. The molecule has 1 aromatic heterocycles. The molecule has 2 aromatic rings. The van der Waals surface area contributed by atoms with Crippen LogP contribution in [0.15, 0.2) is 28.8 Å². The van der Waals surface area contributed by atoms with Crippen molar-refractivity contribution in [2.75, 3.05) is 13.1 Å². The quantitative estimate of drug-likeness (QED) is 0.870. The van der Waals surface area contributed by atoms with Crippen molar-refractivity contribution in [1.29, 1.82) is 0 Å². The number of benzene rings is 1.